The number of benzene rings is 1. The number of fused-ring (bicyclic) bond motifs is 1. The van der Waals surface area contributed by atoms with Crippen LogP contribution in [0.4, 0.5) is 0 Å². The number of carbonyl (C=O) groups is 2. The fraction of sp³-hybridized carbons (Fsp3) is 0.500. The Morgan fingerprint density at radius 3 is 2.79 bits per heavy atom. The predicted octanol–water partition coefficient (Wildman–Crippen LogP) is 2.27. The third-order valence-corrected chi connectivity index (χ3v) is 4.08. The second-order valence-electron chi connectivity index (χ2n) is 5.66. The van der Waals surface area contributed by atoms with Crippen molar-refractivity contribution in [2.24, 2.45) is 5.92 Å². The van der Waals surface area contributed by atoms with E-state index in [1.165, 1.54) is 5.56 Å². The van der Waals surface area contributed by atoms with Gasteiger partial charge in [-0.25, -0.2) is 0 Å². The summed E-state index contributed by atoms with van der Waals surface area (Å²) >= 11 is 0. The molecule has 1 unspecified atom stereocenters. The van der Waals surface area contributed by atoms with Gasteiger partial charge in [-0.3, -0.25) is 9.59 Å². The number of hydrogen-bond donors (Lipinski definition) is 1. The predicted molar refractivity (Wildman–Crippen MR) is 73.1 cm³/mol. The quantitative estimate of drug-likeness (QED) is 0.903. The Labute approximate surface area is 113 Å². The van der Waals surface area contributed by atoms with E-state index in [1.54, 1.807) is 0 Å². The highest BCUT2D eigenvalue weighted by molar-refractivity contribution is 6.01. The van der Waals surface area contributed by atoms with Gasteiger partial charge in [-0.15, -0.1) is 0 Å². The second-order valence-corrected chi connectivity index (χ2v) is 5.66. The van der Waals surface area contributed by atoms with Crippen molar-refractivity contribution in [3.05, 3.63) is 34.9 Å². The zero-order valence-corrected chi connectivity index (χ0v) is 11.2. The van der Waals surface area contributed by atoms with Gasteiger partial charge in [0.2, 0.25) is 5.91 Å². The van der Waals surface area contributed by atoms with Crippen molar-refractivity contribution in [3.8, 4) is 0 Å². The average molecular weight is 257 g/mol. The van der Waals surface area contributed by atoms with E-state index in [9.17, 15) is 9.59 Å². The zero-order chi connectivity index (χ0) is 13.4. The lowest BCUT2D eigenvalue weighted by molar-refractivity contribution is -0.125. The van der Waals surface area contributed by atoms with Crippen LogP contribution in [0.15, 0.2) is 18.2 Å². The van der Waals surface area contributed by atoms with Crippen molar-refractivity contribution in [1.29, 1.82) is 0 Å². The molecule has 0 spiro atoms. The molecule has 1 atom stereocenters. The van der Waals surface area contributed by atoms with Gasteiger partial charge in [0.15, 0.2) is 5.78 Å². The maximum Gasteiger partial charge on any atom is 0.224 e. The zero-order valence-electron chi connectivity index (χ0n) is 11.2. The standard InChI is InChI=1S/C16H19NO2/c1-2-10-3-4-11-8-12(9-15(18)14(11)7-10)16(19)17-13-5-6-13/h3-4,7,12-13H,2,5-6,8-9H2,1H3,(H,17,19). The van der Waals surface area contributed by atoms with E-state index in [1.807, 2.05) is 12.1 Å². The highest BCUT2D eigenvalue weighted by Gasteiger charge is 2.32. The molecular formula is C16H19NO2. The number of Topliss-reactive ketones (excluding diaryl/α,β-unsaturated/α-hetero) is 1. The Hall–Kier alpha value is -1.64. The summed E-state index contributed by atoms with van der Waals surface area (Å²) in [5, 5.41) is 3.01. The summed E-state index contributed by atoms with van der Waals surface area (Å²) in [5.74, 6) is 0.00152. The lowest BCUT2D eigenvalue weighted by atomic mass is 9.81. The van der Waals surface area contributed by atoms with Crippen LogP contribution in [0.2, 0.25) is 0 Å². The Balaban J connectivity index is 1.79. The van der Waals surface area contributed by atoms with E-state index in [2.05, 4.69) is 18.3 Å². The average Bonchev–Trinajstić information content (AvgIpc) is 3.22. The molecule has 1 aromatic rings. The van der Waals surface area contributed by atoms with Gasteiger partial charge >= 0.3 is 0 Å². The number of amides is 1. The van der Waals surface area contributed by atoms with Gasteiger partial charge in [-0.1, -0.05) is 19.1 Å². The number of ketones is 1. The molecule has 3 rings (SSSR count). The van der Waals surface area contributed by atoms with Crippen molar-refractivity contribution in [3.63, 3.8) is 0 Å². The van der Waals surface area contributed by atoms with E-state index in [4.69, 9.17) is 0 Å². The number of hydrogen-bond acceptors (Lipinski definition) is 2. The molecule has 1 fully saturated rings. The lowest BCUT2D eigenvalue weighted by Gasteiger charge is -2.23. The minimum Gasteiger partial charge on any atom is -0.353 e. The smallest absolute Gasteiger partial charge is 0.224 e. The van der Waals surface area contributed by atoms with Crippen LogP contribution < -0.4 is 5.32 Å². The van der Waals surface area contributed by atoms with Gasteiger partial charge < -0.3 is 5.32 Å². The van der Waals surface area contributed by atoms with Crippen molar-refractivity contribution >= 4 is 11.7 Å². The number of nitrogens with one attached hydrogen (secondary N) is 1. The summed E-state index contributed by atoms with van der Waals surface area (Å²) in [4.78, 5) is 24.3. The molecule has 1 N–H and O–H groups in total. The summed E-state index contributed by atoms with van der Waals surface area (Å²) in [6.45, 7) is 2.08. The van der Waals surface area contributed by atoms with Gasteiger partial charge in [0, 0.05) is 23.9 Å². The highest BCUT2D eigenvalue weighted by atomic mass is 16.2. The first-order valence-corrected chi connectivity index (χ1v) is 7.12. The van der Waals surface area contributed by atoms with Crippen molar-refractivity contribution in [2.45, 2.75) is 45.1 Å². The maximum atomic E-state index is 12.2. The number of carbonyl (C=O) groups excluding carboxylic acids is 2. The van der Waals surface area contributed by atoms with Crippen LogP contribution in [0.5, 0.6) is 0 Å². The van der Waals surface area contributed by atoms with E-state index in [-0.39, 0.29) is 17.6 Å². The normalized spacial score (nSPS) is 21.9. The molecule has 0 aliphatic heterocycles. The van der Waals surface area contributed by atoms with Crippen LogP contribution in [-0.4, -0.2) is 17.7 Å². The van der Waals surface area contributed by atoms with Gasteiger partial charge in [0.05, 0.1) is 0 Å². The molecule has 0 radical (unpaired) electrons. The summed E-state index contributed by atoms with van der Waals surface area (Å²) in [5.41, 5.74) is 3.05. The summed E-state index contributed by atoms with van der Waals surface area (Å²) in [6, 6.07) is 6.44. The number of rotatable bonds is 3. The maximum absolute atomic E-state index is 12.2. The molecule has 1 aromatic carbocycles. The number of aryl methyl sites for hydroxylation is 1. The van der Waals surface area contributed by atoms with E-state index >= 15 is 0 Å². The van der Waals surface area contributed by atoms with Crippen LogP contribution in [0.1, 0.15) is 47.7 Å². The van der Waals surface area contributed by atoms with Crippen LogP contribution in [0.25, 0.3) is 0 Å². The molecule has 3 heteroatoms. The Kier molecular flexibility index (Phi) is 3.13. The largest absolute Gasteiger partial charge is 0.353 e. The topological polar surface area (TPSA) is 46.2 Å². The fourth-order valence-electron chi connectivity index (χ4n) is 2.68. The van der Waals surface area contributed by atoms with E-state index < -0.39 is 0 Å². The molecule has 100 valence electrons. The first kappa shape index (κ1) is 12.4. The van der Waals surface area contributed by atoms with Gasteiger partial charge in [-0.05, 0) is 42.9 Å². The van der Waals surface area contributed by atoms with Gasteiger partial charge in [0.25, 0.3) is 0 Å². The van der Waals surface area contributed by atoms with Crippen molar-refractivity contribution in [2.75, 3.05) is 0 Å². The molecule has 0 aromatic heterocycles. The molecule has 2 aliphatic carbocycles. The molecule has 1 amide bonds. The van der Waals surface area contributed by atoms with Crippen LogP contribution in [-0.2, 0) is 17.6 Å². The monoisotopic (exact) mass is 257 g/mol. The molecule has 3 nitrogen and oxygen atoms in total. The first-order valence-electron chi connectivity index (χ1n) is 7.12. The summed E-state index contributed by atoms with van der Waals surface area (Å²) in [7, 11) is 0. The molecular weight excluding hydrogens is 238 g/mol. The lowest BCUT2D eigenvalue weighted by Crippen LogP contribution is -2.36. The Morgan fingerprint density at radius 2 is 2.11 bits per heavy atom. The third-order valence-electron chi connectivity index (χ3n) is 4.08. The first-order chi connectivity index (χ1) is 9.17. The van der Waals surface area contributed by atoms with Crippen molar-refractivity contribution in [1.82, 2.24) is 5.32 Å². The van der Waals surface area contributed by atoms with Gasteiger partial charge in [0.1, 0.15) is 0 Å². The molecule has 0 heterocycles. The van der Waals surface area contributed by atoms with E-state index in [0.717, 1.165) is 30.4 Å². The molecule has 0 bridgehead atoms. The Bertz CT molecular complexity index is 532. The SMILES string of the molecule is CCc1ccc2c(c1)C(=O)CC(C(=O)NC1CC1)C2. The van der Waals surface area contributed by atoms with Crippen LogP contribution in [0, 0.1) is 5.92 Å². The molecule has 19 heavy (non-hydrogen) atoms. The highest BCUT2D eigenvalue weighted by Crippen LogP contribution is 2.28. The summed E-state index contributed by atoms with van der Waals surface area (Å²) in [6.07, 6.45) is 4.17. The molecule has 2 aliphatic rings. The third kappa shape index (κ3) is 2.55. The molecule has 1 saturated carbocycles. The Morgan fingerprint density at radius 1 is 1.32 bits per heavy atom. The fourth-order valence-corrected chi connectivity index (χ4v) is 2.68. The van der Waals surface area contributed by atoms with Crippen molar-refractivity contribution < 1.29 is 9.59 Å². The van der Waals surface area contributed by atoms with Gasteiger partial charge in [-0.2, -0.15) is 0 Å². The second kappa shape index (κ2) is 4.80. The minimum atomic E-state index is -0.173. The minimum absolute atomic E-state index is 0.0565. The molecule has 0 saturated heterocycles. The van der Waals surface area contributed by atoms with Crippen LogP contribution in [0.3, 0.4) is 0 Å². The van der Waals surface area contributed by atoms with Crippen LogP contribution >= 0.6 is 0 Å². The summed E-state index contributed by atoms with van der Waals surface area (Å²) < 4.78 is 0. The van der Waals surface area contributed by atoms with E-state index in [0.29, 0.717) is 18.9 Å².